The highest BCUT2D eigenvalue weighted by Crippen LogP contribution is 2.19. The lowest BCUT2D eigenvalue weighted by molar-refractivity contribution is -0.119. The van der Waals surface area contributed by atoms with Crippen LogP contribution in [0.3, 0.4) is 0 Å². The zero-order chi connectivity index (χ0) is 14.5. The summed E-state index contributed by atoms with van der Waals surface area (Å²) >= 11 is 0. The standard InChI is InChI=1S/C14H14N2O4/c1-9-12(5-6-19-9)14(18)16-10-3-2-4-11(7-10)20-8-13(15)17/h2-7H,8H2,1H3,(H2,15,17)(H,16,18). The van der Waals surface area contributed by atoms with Crippen molar-refractivity contribution in [2.75, 3.05) is 11.9 Å². The van der Waals surface area contributed by atoms with E-state index < -0.39 is 5.91 Å². The Hall–Kier alpha value is -2.76. The molecule has 20 heavy (non-hydrogen) atoms. The maximum Gasteiger partial charge on any atom is 0.259 e. The summed E-state index contributed by atoms with van der Waals surface area (Å²) in [5.74, 6) is 0.158. The molecule has 2 rings (SSSR count). The first-order valence-electron chi connectivity index (χ1n) is 5.93. The van der Waals surface area contributed by atoms with Gasteiger partial charge in [0.2, 0.25) is 0 Å². The van der Waals surface area contributed by atoms with Gasteiger partial charge in [0, 0.05) is 11.8 Å². The van der Waals surface area contributed by atoms with Gasteiger partial charge in [-0.25, -0.2) is 0 Å². The maximum absolute atomic E-state index is 12.0. The molecule has 0 bridgehead atoms. The number of hydrogen-bond acceptors (Lipinski definition) is 4. The highest BCUT2D eigenvalue weighted by molar-refractivity contribution is 6.04. The van der Waals surface area contributed by atoms with Crippen molar-refractivity contribution in [2.24, 2.45) is 5.73 Å². The van der Waals surface area contributed by atoms with Crippen LogP contribution in [0.1, 0.15) is 16.1 Å². The second-order valence-corrected chi connectivity index (χ2v) is 4.13. The number of primary amides is 1. The first-order chi connectivity index (χ1) is 9.56. The number of carbonyl (C=O) groups is 2. The van der Waals surface area contributed by atoms with E-state index in [-0.39, 0.29) is 12.5 Å². The lowest BCUT2D eigenvalue weighted by Crippen LogP contribution is -2.20. The Labute approximate surface area is 115 Å². The van der Waals surface area contributed by atoms with Crippen LogP contribution in [0.15, 0.2) is 41.0 Å². The molecular weight excluding hydrogens is 260 g/mol. The van der Waals surface area contributed by atoms with Gasteiger partial charge in [0.05, 0.1) is 11.8 Å². The van der Waals surface area contributed by atoms with Gasteiger partial charge in [0.15, 0.2) is 6.61 Å². The predicted octanol–water partition coefficient (Wildman–Crippen LogP) is 1.70. The van der Waals surface area contributed by atoms with Crippen molar-refractivity contribution >= 4 is 17.5 Å². The highest BCUT2D eigenvalue weighted by Gasteiger charge is 2.11. The van der Waals surface area contributed by atoms with E-state index in [0.717, 1.165) is 0 Å². The van der Waals surface area contributed by atoms with Crippen LogP contribution < -0.4 is 15.8 Å². The maximum atomic E-state index is 12.0. The van der Waals surface area contributed by atoms with E-state index in [1.807, 2.05) is 0 Å². The number of furan rings is 1. The average molecular weight is 274 g/mol. The van der Waals surface area contributed by atoms with E-state index in [2.05, 4.69) is 5.32 Å². The van der Waals surface area contributed by atoms with Crippen molar-refractivity contribution in [1.29, 1.82) is 0 Å². The van der Waals surface area contributed by atoms with Crippen molar-refractivity contribution in [3.05, 3.63) is 47.9 Å². The molecular formula is C14H14N2O4. The summed E-state index contributed by atoms with van der Waals surface area (Å²) in [4.78, 5) is 22.6. The third-order valence-corrected chi connectivity index (χ3v) is 2.58. The average Bonchev–Trinajstić information content (AvgIpc) is 2.83. The summed E-state index contributed by atoms with van der Waals surface area (Å²) < 4.78 is 10.2. The van der Waals surface area contributed by atoms with Crippen molar-refractivity contribution in [1.82, 2.24) is 0 Å². The molecule has 0 aliphatic rings. The van der Waals surface area contributed by atoms with Crippen LogP contribution in [-0.2, 0) is 4.79 Å². The van der Waals surface area contributed by atoms with Gasteiger partial charge in [-0.15, -0.1) is 0 Å². The minimum atomic E-state index is -0.562. The fraction of sp³-hybridized carbons (Fsp3) is 0.143. The lowest BCUT2D eigenvalue weighted by Gasteiger charge is -2.07. The largest absolute Gasteiger partial charge is 0.484 e. The summed E-state index contributed by atoms with van der Waals surface area (Å²) in [6.45, 7) is 1.50. The fourth-order valence-electron chi connectivity index (χ4n) is 1.64. The monoisotopic (exact) mass is 274 g/mol. The molecule has 0 saturated heterocycles. The molecule has 2 amide bonds. The minimum Gasteiger partial charge on any atom is -0.484 e. The molecule has 0 spiro atoms. The summed E-state index contributed by atoms with van der Waals surface area (Å²) in [5, 5.41) is 2.72. The number of amides is 2. The molecule has 0 aliphatic carbocycles. The van der Waals surface area contributed by atoms with Gasteiger partial charge >= 0.3 is 0 Å². The summed E-state index contributed by atoms with van der Waals surface area (Å²) in [6, 6.07) is 8.29. The van der Waals surface area contributed by atoms with Crippen LogP contribution in [0.2, 0.25) is 0 Å². The van der Waals surface area contributed by atoms with Crippen LogP contribution in [-0.4, -0.2) is 18.4 Å². The number of hydrogen-bond donors (Lipinski definition) is 2. The van der Waals surface area contributed by atoms with Gasteiger partial charge in [-0.1, -0.05) is 6.07 Å². The van der Waals surface area contributed by atoms with Gasteiger partial charge in [-0.2, -0.15) is 0 Å². The van der Waals surface area contributed by atoms with Crippen LogP contribution in [0, 0.1) is 6.92 Å². The molecule has 0 unspecified atom stereocenters. The van der Waals surface area contributed by atoms with Crippen molar-refractivity contribution in [2.45, 2.75) is 6.92 Å². The summed E-state index contributed by atoms with van der Waals surface area (Å²) in [5.41, 5.74) is 6.02. The Bertz CT molecular complexity index is 634. The topological polar surface area (TPSA) is 94.6 Å². The number of rotatable bonds is 5. The molecule has 2 aromatic rings. The fourth-order valence-corrected chi connectivity index (χ4v) is 1.64. The van der Waals surface area contributed by atoms with E-state index in [0.29, 0.717) is 22.8 Å². The van der Waals surface area contributed by atoms with Crippen LogP contribution >= 0.6 is 0 Å². The first-order valence-corrected chi connectivity index (χ1v) is 5.93. The summed E-state index contributed by atoms with van der Waals surface area (Å²) in [6.07, 6.45) is 1.46. The number of nitrogens with two attached hydrogens (primary N) is 1. The highest BCUT2D eigenvalue weighted by atomic mass is 16.5. The van der Waals surface area contributed by atoms with E-state index in [1.54, 1.807) is 37.3 Å². The zero-order valence-electron chi connectivity index (χ0n) is 10.9. The molecule has 1 heterocycles. The van der Waals surface area contributed by atoms with Gasteiger partial charge in [0.25, 0.3) is 11.8 Å². The minimum absolute atomic E-state index is 0.210. The number of nitrogens with one attached hydrogen (secondary N) is 1. The third-order valence-electron chi connectivity index (χ3n) is 2.58. The SMILES string of the molecule is Cc1occc1C(=O)Nc1cccc(OCC(N)=O)c1. The second kappa shape index (κ2) is 5.92. The summed E-state index contributed by atoms with van der Waals surface area (Å²) in [7, 11) is 0. The Balaban J connectivity index is 2.06. The second-order valence-electron chi connectivity index (χ2n) is 4.13. The number of benzene rings is 1. The Morgan fingerprint density at radius 2 is 2.15 bits per heavy atom. The number of carbonyl (C=O) groups excluding carboxylic acids is 2. The van der Waals surface area contributed by atoms with E-state index >= 15 is 0 Å². The Kier molecular flexibility index (Phi) is 4.05. The Morgan fingerprint density at radius 3 is 2.80 bits per heavy atom. The lowest BCUT2D eigenvalue weighted by atomic mass is 10.2. The molecule has 0 atom stereocenters. The van der Waals surface area contributed by atoms with Crippen LogP contribution in [0.25, 0.3) is 0 Å². The molecule has 1 aromatic heterocycles. The molecule has 6 nitrogen and oxygen atoms in total. The smallest absolute Gasteiger partial charge is 0.259 e. The number of anilines is 1. The predicted molar refractivity (Wildman–Crippen MR) is 72.5 cm³/mol. The quantitative estimate of drug-likeness (QED) is 0.867. The van der Waals surface area contributed by atoms with E-state index in [4.69, 9.17) is 14.9 Å². The van der Waals surface area contributed by atoms with Crippen molar-refractivity contribution < 1.29 is 18.7 Å². The first kappa shape index (κ1) is 13.7. The number of ether oxygens (including phenoxy) is 1. The van der Waals surface area contributed by atoms with Crippen molar-refractivity contribution in [3.63, 3.8) is 0 Å². The van der Waals surface area contributed by atoms with E-state index in [9.17, 15) is 9.59 Å². The number of aryl methyl sites for hydroxylation is 1. The Morgan fingerprint density at radius 1 is 1.35 bits per heavy atom. The third kappa shape index (κ3) is 3.38. The molecule has 0 radical (unpaired) electrons. The van der Waals surface area contributed by atoms with Gasteiger partial charge < -0.3 is 20.2 Å². The molecule has 104 valence electrons. The van der Waals surface area contributed by atoms with Crippen LogP contribution in [0.4, 0.5) is 5.69 Å². The van der Waals surface area contributed by atoms with Gasteiger partial charge in [-0.05, 0) is 25.1 Å². The molecule has 1 aromatic carbocycles. The van der Waals surface area contributed by atoms with Gasteiger partial charge in [0.1, 0.15) is 11.5 Å². The van der Waals surface area contributed by atoms with Crippen LogP contribution in [0.5, 0.6) is 5.75 Å². The molecule has 0 aliphatic heterocycles. The molecule has 0 fully saturated rings. The molecule has 0 saturated carbocycles. The zero-order valence-corrected chi connectivity index (χ0v) is 10.9. The van der Waals surface area contributed by atoms with Crippen molar-refractivity contribution in [3.8, 4) is 5.75 Å². The van der Waals surface area contributed by atoms with Gasteiger partial charge in [-0.3, -0.25) is 9.59 Å². The molecule has 3 N–H and O–H groups in total. The molecule has 6 heteroatoms. The van der Waals surface area contributed by atoms with E-state index in [1.165, 1.54) is 6.26 Å². The normalized spacial score (nSPS) is 10.1.